The molecule has 2 fully saturated rings. The van der Waals surface area contributed by atoms with Gasteiger partial charge in [-0.25, -0.2) is 13.1 Å². The van der Waals surface area contributed by atoms with Crippen LogP contribution in [0.4, 0.5) is 5.69 Å². The molecule has 6 nitrogen and oxygen atoms in total. The van der Waals surface area contributed by atoms with Gasteiger partial charge in [-0.1, -0.05) is 6.07 Å². The predicted molar refractivity (Wildman–Crippen MR) is 79.4 cm³/mol. The third-order valence-corrected chi connectivity index (χ3v) is 5.73. The lowest BCUT2D eigenvalue weighted by atomic mass is 9.88. The van der Waals surface area contributed by atoms with Crippen molar-refractivity contribution in [3.8, 4) is 0 Å². The molecule has 2 aliphatic heterocycles. The van der Waals surface area contributed by atoms with Crippen LogP contribution in [-0.4, -0.2) is 33.5 Å². The highest BCUT2D eigenvalue weighted by atomic mass is 32.2. The van der Waals surface area contributed by atoms with Crippen LogP contribution >= 0.6 is 0 Å². The molecule has 2 aliphatic rings. The Morgan fingerprint density at radius 2 is 2.14 bits per heavy atom. The summed E-state index contributed by atoms with van der Waals surface area (Å²) in [5.74, 6) is -0.0537. The minimum atomic E-state index is -3.50. The van der Waals surface area contributed by atoms with E-state index in [2.05, 4.69) is 15.4 Å². The molecular weight excluding hydrogens is 290 g/mol. The summed E-state index contributed by atoms with van der Waals surface area (Å²) in [5.41, 5.74) is 0.513. The van der Waals surface area contributed by atoms with Gasteiger partial charge in [0.15, 0.2) is 0 Å². The van der Waals surface area contributed by atoms with E-state index in [9.17, 15) is 13.2 Å². The second-order valence-corrected chi connectivity index (χ2v) is 7.50. The number of rotatable bonds is 4. The maximum atomic E-state index is 12.3. The Morgan fingerprint density at radius 1 is 1.33 bits per heavy atom. The van der Waals surface area contributed by atoms with Gasteiger partial charge in [0.1, 0.15) is 0 Å². The largest absolute Gasteiger partial charge is 0.326 e. The Balaban J connectivity index is 1.73. The normalized spacial score (nSPS) is 27.8. The molecule has 7 heteroatoms. The minimum Gasteiger partial charge on any atom is -0.326 e. The lowest BCUT2D eigenvalue weighted by Crippen LogP contribution is -2.32. The number of hydrogen-bond acceptors (Lipinski definition) is 4. The standard InChI is InChI=1S/C14H19N3O3S/c1-15-21(19,20)11-4-2-3-9(7-11)17-14(18)12-8-10-5-6-13(12)16-10/h2-4,7,10,12-13,15-16H,5-6,8H2,1H3,(H,17,18). The lowest BCUT2D eigenvalue weighted by molar-refractivity contribution is -0.120. The van der Waals surface area contributed by atoms with Crippen molar-refractivity contribution < 1.29 is 13.2 Å². The Kier molecular flexibility index (Phi) is 3.73. The Bertz CT molecular complexity index is 659. The summed E-state index contributed by atoms with van der Waals surface area (Å²) < 4.78 is 25.8. The van der Waals surface area contributed by atoms with Gasteiger partial charge in [0, 0.05) is 17.8 Å². The van der Waals surface area contributed by atoms with Crippen molar-refractivity contribution in [1.82, 2.24) is 10.0 Å². The van der Waals surface area contributed by atoms with E-state index in [0.717, 1.165) is 19.3 Å². The van der Waals surface area contributed by atoms with Crippen LogP contribution in [0.15, 0.2) is 29.2 Å². The first kappa shape index (κ1) is 14.5. The Labute approximate surface area is 124 Å². The number of fused-ring (bicyclic) bond motifs is 2. The van der Waals surface area contributed by atoms with Gasteiger partial charge in [-0.2, -0.15) is 0 Å². The number of anilines is 1. The number of carbonyl (C=O) groups is 1. The van der Waals surface area contributed by atoms with Crippen molar-refractivity contribution in [3.63, 3.8) is 0 Å². The first-order valence-corrected chi connectivity index (χ1v) is 8.58. The molecule has 2 heterocycles. The molecule has 3 N–H and O–H groups in total. The number of nitrogens with one attached hydrogen (secondary N) is 3. The lowest BCUT2D eigenvalue weighted by Gasteiger charge is -2.19. The van der Waals surface area contributed by atoms with Crippen LogP contribution in [-0.2, 0) is 14.8 Å². The Hall–Kier alpha value is -1.44. The predicted octanol–water partition coefficient (Wildman–Crippen LogP) is 0.674. The van der Waals surface area contributed by atoms with Gasteiger partial charge in [-0.3, -0.25) is 4.79 Å². The highest BCUT2D eigenvalue weighted by Crippen LogP contribution is 2.34. The molecule has 1 amide bonds. The van der Waals surface area contributed by atoms with Crippen molar-refractivity contribution in [2.45, 2.75) is 36.2 Å². The fourth-order valence-electron chi connectivity index (χ4n) is 3.21. The van der Waals surface area contributed by atoms with E-state index in [-0.39, 0.29) is 22.8 Å². The summed E-state index contributed by atoms with van der Waals surface area (Å²) in [5, 5.41) is 6.26. The zero-order valence-electron chi connectivity index (χ0n) is 11.8. The van der Waals surface area contributed by atoms with Crippen molar-refractivity contribution in [2.75, 3.05) is 12.4 Å². The van der Waals surface area contributed by atoms with Crippen LogP contribution in [0.5, 0.6) is 0 Å². The molecule has 1 aromatic carbocycles. The maximum Gasteiger partial charge on any atom is 0.240 e. The Morgan fingerprint density at radius 3 is 2.76 bits per heavy atom. The number of amides is 1. The molecule has 21 heavy (non-hydrogen) atoms. The van der Waals surface area contributed by atoms with Crippen LogP contribution in [0, 0.1) is 5.92 Å². The number of sulfonamides is 1. The molecule has 2 bridgehead atoms. The smallest absolute Gasteiger partial charge is 0.240 e. The second-order valence-electron chi connectivity index (χ2n) is 5.61. The van der Waals surface area contributed by atoms with Crippen LogP contribution in [0.3, 0.4) is 0 Å². The van der Waals surface area contributed by atoms with E-state index in [1.165, 1.54) is 19.2 Å². The summed E-state index contributed by atoms with van der Waals surface area (Å²) in [6, 6.07) is 7.03. The summed E-state index contributed by atoms with van der Waals surface area (Å²) in [6.45, 7) is 0. The topological polar surface area (TPSA) is 87.3 Å². The van der Waals surface area contributed by atoms with Gasteiger partial charge in [0.25, 0.3) is 0 Å². The average molecular weight is 309 g/mol. The fourth-order valence-corrected chi connectivity index (χ4v) is 3.98. The molecule has 0 spiro atoms. The van der Waals surface area contributed by atoms with Gasteiger partial charge in [-0.15, -0.1) is 0 Å². The molecule has 0 radical (unpaired) electrons. The summed E-state index contributed by atoms with van der Waals surface area (Å²) in [6.07, 6.45) is 3.05. The molecule has 0 aromatic heterocycles. The third kappa shape index (κ3) is 2.81. The summed E-state index contributed by atoms with van der Waals surface area (Å²) in [4.78, 5) is 12.5. The van der Waals surface area contributed by atoms with Gasteiger partial charge < -0.3 is 10.6 Å². The van der Waals surface area contributed by atoms with Gasteiger partial charge >= 0.3 is 0 Å². The van der Waals surface area contributed by atoms with Gasteiger partial charge in [0.2, 0.25) is 15.9 Å². The van der Waals surface area contributed by atoms with Crippen LogP contribution in [0.25, 0.3) is 0 Å². The highest BCUT2D eigenvalue weighted by molar-refractivity contribution is 7.89. The molecule has 0 aliphatic carbocycles. The van der Waals surface area contributed by atoms with Crippen molar-refractivity contribution in [3.05, 3.63) is 24.3 Å². The zero-order chi connectivity index (χ0) is 15.0. The molecule has 3 rings (SSSR count). The minimum absolute atomic E-state index is 0.0201. The fraction of sp³-hybridized carbons (Fsp3) is 0.500. The van der Waals surface area contributed by atoms with Gasteiger partial charge in [-0.05, 0) is 44.5 Å². The maximum absolute atomic E-state index is 12.3. The first-order chi connectivity index (χ1) is 9.99. The van der Waals surface area contributed by atoms with E-state index < -0.39 is 10.0 Å². The number of benzene rings is 1. The van der Waals surface area contributed by atoms with Crippen LogP contribution in [0.2, 0.25) is 0 Å². The van der Waals surface area contributed by atoms with E-state index in [1.807, 2.05) is 0 Å². The van der Waals surface area contributed by atoms with Crippen LogP contribution in [0.1, 0.15) is 19.3 Å². The molecule has 3 unspecified atom stereocenters. The van der Waals surface area contributed by atoms with Crippen molar-refractivity contribution in [1.29, 1.82) is 0 Å². The first-order valence-electron chi connectivity index (χ1n) is 7.10. The quantitative estimate of drug-likeness (QED) is 0.763. The van der Waals surface area contributed by atoms with E-state index >= 15 is 0 Å². The molecule has 0 saturated carbocycles. The van der Waals surface area contributed by atoms with E-state index in [0.29, 0.717) is 11.7 Å². The third-order valence-electron chi connectivity index (χ3n) is 4.32. The highest BCUT2D eigenvalue weighted by Gasteiger charge is 2.42. The second kappa shape index (κ2) is 5.40. The number of hydrogen-bond donors (Lipinski definition) is 3. The molecule has 2 saturated heterocycles. The molecular formula is C14H19N3O3S. The van der Waals surface area contributed by atoms with E-state index in [4.69, 9.17) is 0 Å². The molecule has 114 valence electrons. The van der Waals surface area contributed by atoms with Gasteiger partial charge in [0.05, 0.1) is 10.8 Å². The summed E-state index contributed by atoms with van der Waals surface area (Å²) in [7, 11) is -2.13. The molecule has 3 atom stereocenters. The number of carbonyl (C=O) groups excluding carboxylic acids is 1. The molecule has 1 aromatic rings. The average Bonchev–Trinajstić information content (AvgIpc) is 3.10. The SMILES string of the molecule is CNS(=O)(=O)c1cccc(NC(=O)C2CC3CCC2N3)c1. The van der Waals surface area contributed by atoms with Crippen molar-refractivity contribution >= 4 is 21.6 Å². The van der Waals surface area contributed by atoms with E-state index in [1.54, 1.807) is 12.1 Å². The van der Waals surface area contributed by atoms with Crippen molar-refractivity contribution in [2.24, 2.45) is 5.92 Å². The zero-order valence-corrected chi connectivity index (χ0v) is 12.6. The monoisotopic (exact) mass is 309 g/mol. The van der Waals surface area contributed by atoms with Crippen LogP contribution < -0.4 is 15.4 Å². The summed E-state index contributed by atoms with van der Waals surface area (Å²) >= 11 is 0.